The molecule has 0 fully saturated rings. The Kier molecular flexibility index (Phi) is 5.07. The normalized spacial score (nSPS) is 13.0. The van der Waals surface area contributed by atoms with Gasteiger partial charge in [0.25, 0.3) is 0 Å². The maximum atomic E-state index is 11.0. The Bertz CT molecular complexity index is 1250. The minimum atomic E-state index is -0.717. The molecule has 0 spiro atoms. The summed E-state index contributed by atoms with van der Waals surface area (Å²) in [6, 6.07) is 5.77. The molecule has 3 heterocycles. The van der Waals surface area contributed by atoms with Gasteiger partial charge < -0.3 is 14.6 Å². The van der Waals surface area contributed by atoms with Crippen LogP contribution in [0.4, 0.5) is 0 Å². The number of ether oxygens (including phenoxy) is 2. The molecule has 0 saturated carbocycles. The average Bonchev–Trinajstić information content (AvgIpc) is 3.14. The fourth-order valence-electron chi connectivity index (χ4n) is 3.31. The Hall–Kier alpha value is -2.84. The fraction of sp³-hybridized carbons (Fsp3) is 0.364. The van der Waals surface area contributed by atoms with Gasteiger partial charge in [-0.1, -0.05) is 32.1 Å². The largest absolute Gasteiger partial charge is 0.481 e. The van der Waals surface area contributed by atoms with Crippen LogP contribution >= 0.6 is 11.3 Å². The van der Waals surface area contributed by atoms with Crippen molar-refractivity contribution in [1.82, 2.24) is 19.9 Å². The van der Waals surface area contributed by atoms with Crippen LogP contribution in [-0.4, -0.2) is 39.3 Å². The van der Waals surface area contributed by atoms with Crippen LogP contribution in [0.3, 0.4) is 0 Å². The van der Waals surface area contributed by atoms with Crippen LogP contribution < -0.4 is 9.47 Å². The second-order valence-electron chi connectivity index (χ2n) is 8.29. The molecule has 0 aliphatic heterocycles. The molecule has 30 heavy (non-hydrogen) atoms. The quantitative estimate of drug-likeness (QED) is 0.507. The van der Waals surface area contributed by atoms with Crippen molar-refractivity contribution in [2.45, 2.75) is 33.8 Å². The van der Waals surface area contributed by atoms with Crippen LogP contribution in [0.15, 0.2) is 24.4 Å². The van der Waals surface area contributed by atoms with Crippen LogP contribution in [0.1, 0.15) is 38.0 Å². The highest BCUT2D eigenvalue weighted by Crippen LogP contribution is 2.41. The highest BCUT2D eigenvalue weighted by molar-refractivity contribution is 7.21. The number of aliphatic hydroxyl groups is 1. The van der Waals surface area contributed by atoms with E-state index >= 15 is 0 Å². The Labute approximate surface area is 178 Å². The minimum absolute atomic E-state index is 0.360. The monoisotopic (exact) mass is 424 g/mol. The van der Waals surface area contributed by atoms with Crippen LogP contribution in [0.2, 0.25) is 0 Å². The molecule has 0 saturated heterocycles. The smallest absolute Gasteiger partial charge is 0.232 e. The molecule has 0 amide bonds. The first-order valence-corrected chi connectivity index (χ1v) is 10.4. The Morgan fingerprint density at radius 1 is 0.967 bits per heavy atom. The third kappa shape index (κ3) is 3.57. The van der Waals surface area contributed by atoms with E-state index in [-0.39, 0.29) is 5.41 Å². The predicted molar refractivity (Wildman–Crippen MR) is 118 cm³/mol. The van der Waals surface area contributed by atoms with Gasteiger partial charge in [-0.3, -0.25) is 0 Å². The third-order valence-corrected chi connectivity index (χ3v) is 5.89. The van der Waals surface area contributed by atoms with Gasteiger partial charge in [0.2, 0.25) is 11.8 Å². The molecule has 4 rings (SSSR count). The van der Waals surface area contributed by atoms with Crippen molar-refractivity contribution >= 4 is 32.7 Å². The number of thiazole rings is 1. The summed E-state index contributed by atoms with van der Waals surface area (Å²) in [5, 5.41) is 11.7. The third-order valence-electron chi connectivity index (χ3n) is 4.91. The van der Waals surface area contributed by atoms with Crippen molar-refractivity contribution in [2.24, 2.45) is 5.41 Å². The van der Waals surface area contributed by atoms with E-state index in [1.54, 1.807) is 26.5 Å². The number of pyridine rings is 1. The van der Waals surface area contributed by atoms with Gasteiger partial charge in [0.1, 0.15) is 15.4 Å². The summed E-state index contributed by atoms with van der Waals surface area (Å²) in [6.07, 6.45) is 0.884. The van der Waals surface area contributed by atoms with Crippen molar-refractivity contribution in [3.63, 3.8) is 0 Å². The van der Waals surface area contributed by atoms with Gasteiger partial charge in [0.05, 0.1) is 37.6 Å². The van der Waals surface area contributed by atoms with E-state index in [1.807, 2.05) is 39.8 Å². The summed E-state index contributed by atoms with van der Waals surface area (Å²) in [7, 11) is 3.14. The predicted octanol–water partition coefficient (Wildman–Crippen LogP) is 4.71. The molecule has 7 nitrogen and oxygen atoms in total. The van der Waals surface area contributed by atoms with Crippen LogP contribution in [0, 0.1) is 12.3 Å². The summed E-state index contributed by atoms with van der Waals surface area (Å²) in [5.74, 6) is 0.917. The lowest BCUT2D eigenvalue weighted by molar-refractivity contribution is 0.0635. The molecule has 4 aromatic rings. The Morgan fingerprint density at radius 2 is 1.70 bits per heavy atom. The lowest BCUT2D eigenvalue weighted by atomic mass is 9.85. The van der Waals surface area contributed by atoms with E-state index in [1.165, 1.54) is 11.3 Å². The summed E-state index contributed by atoms with van der Waals surface area (Å²) in [6.45, 7) is 7.97. The van der Waals surface area contributed by atoms with E-state index in [0.717, 1.165) is 27.2 Å². The summed E-state index contributed by atoms with van der Waals surface area (Å²) >= 11 is 1.44. The standard InChI is InChI=1S/C22H24N4O3S/c1-11-7-13(17-14(8-11)24-16(29-6)10-23-17)20-26-18-12(19(27)22(2,3)4)9-15(28-5)25-21(18)30-20/h7-10,19,27H,1-6H3. The molecule has 0 aliphatic rings. The van der Waals surface area contributed by atoms with Crippen molar-refractivity contribution in [3.8, 4) is 22.3 Å². The van der Waals surface area contributed by atoms with E-state index < -0.39 is 6.10 Å². The number of rotatable bonds is 4. The van der Waals surface area contributed by atoms with Gasteiger partial charge in [-0.05, 0) is 30.0 Å². The number of benzene rings is 1. The van der Waals surface area contributed by atoms with E-state index in [2.05, 4.69) is 15.0 Å². The van der Waals surface area contributed by atoms with Crippen LogP contribution in [0.5, 0.6) is 11.8 Å². The number of fused-ring (bicyclic) bond motifs is 2. The average molecular weight is 425 g/mol. The number of hydrogen-bond acceptors (Lipinski definition) is 8. The topological polar surface area (TPSA) is 90.3 Å². The minimum Gasteiger partial charge on any atom is -0.481 e. The molecule has 1 aromatic carbocycles. The fourth-order valence-corrected chi connectivity index (χ4v) is 4.30. The van der Waals surface area contributed by atoms with Crippen molar-refractivity contribution in [3.05, 3.63) is 35.5 Å². The second-order valence-corrected chi connectivity index (χ2v) is 9.27. The molecule has 1 N–H and O–H groups in total. The maximum absolute atomic E-state index is 11.0. The highest BCUT2D eigenvalue weighted by Gasteiger charge is 2.28. The molecule has 0 bridgehead atoms. The zero-order chi connectivity index (χ0) is 21.6. The molecule has 3 aromatic heterocycles. The summed E-state index contributed by atoms with van der Waals surface area (Å²) in [5.41, 5.74) is 4.42. The summed E-state index contributed by atoms with van der Waals surface area (Å²) in [4.78, 5) is 19.2. The lowest BCUT2D eigenvalue weighted by Gasteiger charge is -2.26. The number of aryl methyl sites for hydroxylation is 1. The Morgan fingerprint density at radius 3 is 2.37 bits per heavy atom. The number of nitrogens with zero attached hydrogens (tertiary/aromatic N) is 4. The van der Waals surface area contributed by atoms with Crippen molar-refractivity contribution < 1.29 is 14.6 Å². The Balaban J connectivity index is 1.97. The maximum Gasteiger partial charge on any atom is 0.232 e. The van der Waals surface area contributed by atoms with E-state index in [0.29, 0.717) is 27.7 Å². The molecule has 156 valence electrons. The van der Waals surface area contributed by atoms with Crippen LogP contribution in [-0.2, 0) is 0 Å². The first-order valence-electron chi connectivity index (χ1n) is 9.56. The van der Waals surface area contributed by atoms with Gasteiger partial charge in [-0.2, -0.15) is 0 Å². The molecule has 1 atom stereocenters. The zero-order valence-corrected chi connectivity index (χ0v) is 18.7. The first kappa shape index (κ1) is 20.4. The zero-order valence-electron chi connectivity index (χ0n) is 17.8. The summed E-state index contributed by atoms with van der Waals surface area (Å²) < 4.78 is 10.6. The van der Waals surface area contributed by atoms with Crippen LogP contribution in [0.25, 0.3) is 32.0 Å². The molecule has 8 heteroatoms. The molecule has 0 radical (unpaired) electrons. The van der Waals surface area contributed by atoms with E-state index in [9.17, 15) is 5.11 Å². The lowest BCUT2D eigenvalue weighted by Crippen LogP contribution is -2.18. The van der Waals surface area contributed by atoms with Gasteiger partial charge in [0.15, 0.2) is 0 Å². The SMILES string of the molecule is COc1cnc2c(-c3nc4c(C(O)C(C)(C)C)cc(OC)nc4s3)cc(C)cc2n1. The molecular formula is C22H24N4O3S. The number of methoxy groups -OCH3 is 2. The van der Waals surface area contributed by atoms with E-state index in [4.69, 9.17) is 14.5 Å². The van der Waals surface area contributed by atoms with Crippen molar-refractivity contribution in [1.29, 1.82) is 0 Å². The number of aliphatic hydroxyl groups excluding tert-OH is 1. The molecular weight excluding hydrogens is 400 g/mol. The first-order chi connectivity index (χ1) is 14.2. The van der Waals surface area contributed by atoms with Gasteiger partial charge >= 0.3 is 0 Å². The molecule has 0 aliphatic carbocycles. The molecule has 1 unspecified atom stereocenters. The van der Waals surface area contributed by atoms with Gasteiger partial charge in [-0.25, -0.2) is 19.9 Å². The number of aromatic nitrogens is 4. The highest BCUT2D eigenvalue weighted by atomic mass is 32.1. The number of hydrogen-bond donors (Lipinski definition) is 1. The van der Waals surface area contributed by atoms with Gasteiger partial charge in [-0.15, -0.1) is 0 Å². The van der Waals surface area contributed by atoms with Gasteiger partial charge in [0, 0.05) is 17.2 Å². The second kappa shape index (κ2) is 7.45. The van der Waals surface area contributed by atoms with Crippen molar-refractivity contribution in [2.75, 3.05) is 14.2 Å².